The lowest BCUT2D eigenvalue weighted by Gasteiger charge is -2.29. The van der Waals surface area contributed by atoms with E-state index in [4.69, 9.17) is 5.73 Å². The molecule has 0 bridgehead atoms. The van der Waals surface area contributed by atoms with Crippen molar-refractivity contribution >= 4 is 5.91 Å². The fourth-order valence-corrected chi connectivity index (χ4v) is 1.78. The van der Waals surface area contributed by atoms with E-state index in [1.54, 1.807) is 20.0 Å². The van der Waals surface area contributed by atoms with Gasteiger partial charge in [0.15, 0.2) is 0 Å². The Morgan fingerprint density at radius 3 is 2.56 bits per heavy atom. The fourth-order valence-electron chi connectivity index (χ4n) is 1.78. The number of aryl methyl sites for hydroxylation is 1. The standard InChI is InChI=1S/C14H21FN2O/c1-10-5-6-11(12(15)7-10)13(18)17(4)9-14(2,3)8-16/h5-7H,8-9,16H2,1-4H3. The third-order valence-corrected chi connectivity index (χ3v) is 2.92. The molecule has 0 aromatic heterocycles. The first kappa shape index (κ1) is 14.6. The summed E-state index contributed by atoms with van der Waals surface area (Å²) in [6, 6.07) is 4.63. The Morgan fingerprint density at radius 1 is 1.44 bits per heavy atom. The maximum atomic E-state index is 13.7. The topological polar surface area (TPSA) is 46.3 Å². The molecular weight excluding hydrogens is 231 g/mol. The zero-order valence-electron chi connectivity index (χ0n) is 11.5. The zero-order chi connectivity index (χ0) is 13.9. The first-order chi connectivity index (χ1) is 8.26. The van der Waals surface area contributed by atoms with Crippen LogP contribution in [0.3, 0.4) is 0 Å². The summed E-state index contributed by atoms with van der Waals surface area (Å²) >= 11 is 0. The van der Waals surface area contributed by atoms with Gasteiger partial charge < -0.3 is 10.6 Å². The minimum atomic E-state index is -0.475. The van der Waals surface area contributed by atoms with Gasteiger partial charge in [0.05, 0.1) is 5.56 Å². The third-order valence-electron chi connectivity index (χ3n) is 2.92. The molecule has 0 unspecified atom stereocenters. The molecule has 0 spiro atoms. The molecule has 0 radical (unpaired) electrons. The van der Waals surface area contributed by atoms with Crippen LogP contribution < -0.4 is 5.73 Å². The monoisotopic (exact) mass is 252 g/mol. The van der Waals surface area contributed by atoms with Gasteiger partial charge in [-0.1, -0.05) is 19.9 Å². The van der Waals surface area contributed by atoms with Crippen LogP contribution in [0.15, 0.2) is 18.2 Å². The van der Waals surface area contributed by atoms with E-state index >= 15 is 0 Å². The quantitative estimate of drug-likeness (QED) is 0.893. The Balaban J connectivity index is 2.87. The fraction of sp³-hybridized carbons (Fsp3) is 0.500. The van der Waals surface area contributed by atoms with Gasteiger partial charge in [0, 0.05) is 13.6 Å². The Bertz CT molecular complexity index is 443. The van der Waals surface area contributed by atoms with Crippen LogP contribution in [-0.4, -0.2) is 30.9 Å². The molecule has 1 amide bonds. The second kappa shape index (κ2) is 5.48. The Morgan fingerprint density at radius 2 is 2.06 bits per heavy atom. The van der Waals surface area contributed by atoms with Gasteiger partial charge in [-0.3, -0.25) is 4.79 Å². The van der Waals surface area contributed by atoms with E-state index in [0.29, 0.717) is 13.1 Å². The predicted molar refractivity (Wildman–Crippen MR) is 70.9 cm³/mol. The smallest absolute Gasteiger partial charge is 0.256 e. The lowest BCUT2D eigenvalue weighted by molar-refractivity contribution is 0.0736. The Hall–Kier alpha value is -1.42. The molecule has 4 heteroatoms. The van der Waals surface area contributed by atoms with E-state index < -0.39 is 5.82 Å². The van der Waals surface area contributed by atoms with Gasteiger partial charge in [0.25, 0.3) is 5.91 Å². The lowest BCUT2D eigenvalue weighted by Crippen LogP contribution is -2.40. The van der Waals surface area contributed by atoms with Gasteiger partial charge in [-0.15, -0.1) is 0 Å². The highest BCUT2D eigenvalue weighted by atomic mass is 19.1. The highest BCUT2D eigenvalue weighted by Crippen LogP contribution is 2.17. The number of rotatable bonds is 4. The number of nitrogens with zero attached hydrogens (tertiary/aromatic N) is 1. The molecule has 0 saturated heterocycles. The van der Waals surface area contributed by atoms with Crippen LogP contribution in [0.2, 0.25) is 0 Å². The molecule has 0 aliphatic carbocycles. The van der Waals surface area contributed by atoms with E-state index in [-0.39, 0.29) is 16.9 Å². The molecule has 18 heavy (non-hydrogen) atoms. The number of carbonyl (C=O) groups is 1. The highest BCUT2D eigenvalue weighted by Gasteiger charge is 2.23. The number of hydrogen-bond donors (Lipinski definition) is 1. The number of nitrogens with two attached hydrogens (primary N) is 1. The summed E-state index contributed by atoms with van der Waals surface area (Å²) < 4.78 is 13.7. The van der Waals surface area contributed by atoms with Crippen molar-refractivity contribution in [3.05, 3.63) is 35.1 Å². The minimum absolute atomic E-state index is 0.107. The van der Waals surface area contributed by atoms with Crippen molar-refractivity contribution in [1.82, 2.24) is 4.90 Å². The molecule has 0 fully saturated rings. The second-order valence-corrected chi connectivity index (χ2v) is 5.51. The van der Waals surface area contributed by atoms with Crippen molar-refractivity contribution in [2.45, 2.75) is 20.8 Å². The van der Waals surface area contributed by atoms with Gasteiger partial charge in [-0.2, -0.15) is 0 Å². The van der Waals surface area contributed by atoms with Crippen molar-refractivity contribution in [2.24, 2.45) is 11.1 Å². The average Bonchev–Trinajstić information content (AvgIpc) is 2.27. The Labute approximate surface area is 108 Å². The maximum absolute atomic E-state index is 13.7. The van der Waals surface area contributed by atoms with Gasteiger partial charge in [-0.25, -0.2) is 4.39 Å². The van der Waals surface area contributed by atoms with Crippen LogP contribution in [0.4, 0.5) is 4.39 Å². The van der Waals surface area contributed by atoms with Crippen molar-refractivity contribution in [2.75, 3.05) is 20.1 Å². The number of carbonyl (C=O) groups excluding carboxylic acids is 1. The largest absolute Gasteiger partial charge is 0.341 e. The van der Waals surface area contributed by atoms with E-state index in [2.05, 4.69) is 0 Å². The predicted octanol–water partition coefficient (Wildman–Crippen LogP) is 2.19. The summed E-state index contributed by atoms with van der Waals surface area (Å²) in [7, 11) is 1.67. The normalized spacial score (nSPS) is 11.4. The van der Waals surface area contributed by atoms with Crippen molar-refractivity contribution in [3.63, 3.8) is 0 Å². The van der Waals surface area contributed by atoms with E-state index in [1.807, 2.05) is 13.8 Å². The SMILES string of the molecule is Cc1ccc(C(=O)N(C)CC(C)(C)CN)c(F)c1. The minimum Gasteiger partial charge on any atom is -0.341 e. The zero-order valence-corrected chi connectivity index (χ0v) is 11.5. The van der Waals surface area contributed by atoms with Crippen LogP contribution in [0, 0.1) is 18.2 Å². The van der Waals surface area contributed by atoms with Crippen molar-refractivity contribution in [1.29, 1.82) is 0 Å². The summed E-state index contributed by atoms with van der Waals surface area (Å²) in [5.41, 5.74) is 6.36. The second-order valence-electron chi connectivity index (χ2n) is 5.51. The molecule has 0 aliphatic rings. The van der Waals surface area contributed by atoms with Gasteiger partial charge in [0.1, 0.15) is 5.82 Å². The molecule has 1 aromatic carbocycles. The number of halogens is 1. The molecule has 100 valence electrons. The van der Waals surface area contributed by atoms with E-state index in [0.717, 1.165) is 5.56 Å². The molecule has 1 rings (SSSR count). The summed E-state index contributed by atoms with van der Waals surface area (Å²) in [4.78, 5) is 13.6. The van der Waals surface area contributed by atoms with Crippen LogP contribution in [0.1, 0.15) is 29.8 Å². The first-order valence-electron chi connectivity index (χ1n) is 5.98. The molecular formula is C14H21FN2O. The number of hydrogen-bond acceptors (Lipinski definition) is 2. The van der Waals surface area contributed by atoms with Gasteiger partial charge in [-0.05, 0) is 36.6 Å². The molecule has 0 atom stereocenters. The van der Waals surface area contributed by atoms with Crippen LogP contribution in [-0.2, 0) is 0 Å². The number of amides is 1. The molecule has 0 heterocycles. The van der Waals surface area contributed by atoms with Crippen molar-refractivity contribution < 1.29 is 9.18 Å². The maximum Gasteiger partial charge on any atom is 0.256 e. The summed E-state index contributed by atoms with van der Waals surface area (Å²) in [6.45, 7) is 6.71. The van der Waals surface area contributed by atoms with Crippen LogP contribution >= 0.6 is 0 Å². The average molecular weight is 252 g/mol. The van der Waals surface area contributed by atoms with Gasteiger partial charge in [0.2, 0.25) is 0 Å². The van der Waals surface area contributed by atoms with Gasteiger partial charge >= 0.3 is 0 Å². The van der Waals surface area contributed by atoms with Crippen LogP contribution in [0.5, 0.6) is 0 Å². The number of benzene rings is 1. The molecule has 2 N–H and O–H groups in total. The van der Waals surface area contributed by atoms with Crippen LogP contribution in [0.25, 0.3) is 0 Å². The summed E-state index contributed by atoms with van der Waals surface area (Å²) in [6.07, 6.45) is 0. The van der Waals surface area contributed by atoms with E-state index in [1.165, 1.54) is 17.0 Å². The molecule has 0 saturated carbocycles. The lowest BCUT2D eigenvalue weighted by atomic mass is 9.93. The third kappa shape index (κ3) is 3.53. The van der Waals surface area contributed by atoms with E-state index in [9.17, 15) is 9.18 Å². The Kier molecular flexibility index (Phi) is 4.46. The molecule has 1 aromatic rings. The summed E-state index contributed by atoms with van der Waals surface area (Å²) in [5.74, 6) is -0.786. The first-order valence-corrected chi connectivity index (χ1v) is 5.98. The van der Waals surface area contributed by atoms with Crippen molar-refractivity contribution in [3.8, 4) is 0 Å². The molecule has 3 nitrogen and oxygen atoms in total. The molecule has 0 aliphatic heterocycles. The summed E-state index contributed by atoms with van der Waals surface area (Å²) in [5, 5.41) is 0. The highest BCUT2D eigenvalue weighted by molar-refractivity contribution is 5.94.